The normalized spacial score (nSPS) is 13.4. The van der Waals surface area contributed by atoms with Crippen molar-refractivity contribution in [2.24, 2.45) is 0 Å². The van der Waals surface area contributed by atoms with Gasteiger partial charge in [-0.1, -0.05) is 0 Å². The minimum absolute atomic E-state index is 0.0768. The van der Waals surface area contributed by atoms with Gasteiger partial charge in [0.05, 0.1) is 5.79 Å². The van der Waals surface area contributed by atoms with Crippen LogP contribution in [0.3, 0.4) is 0 Å². The van der Waals surface area contributed by atoms with Gasteiger partial charge in [0.1, 0.15) is 0 Å². The molecule has 0 aromatic carbocycles. The van der Waals surface area contributed by atoms with Crippen molar-refractivity contribution in [1.82, 2.24) is 0 Å². The van der Waals surface area contributed by atoms with Gasteiger partial charge in [0, 0.05) is 21.3 Å². The number of hydrogen-bond acceptors (Lipinski definition) is 4. The highest BCUT2D eigenvalue weighted by Crippen LogP contribution is 2.58. The standard InChI is InChI=1S/C4H11Cl2O4PSi/c1-8-12(9-2,10-3)4-11(5,6)7/h4H2,1-3H3. The number of halogens is 2. The van der Waals surface area contributed by atoms with E-state index in [2.05, 4.69) is 0 Å². The fourth-order valence-electron chi connectivity index (χ4n) is 0.669. The molecule has 0 rings (SSSR count). The third-order valence-electron chi connectivity index (χ3n) is 1.31. The molecular formula is C4H11Cl2O4PSi. The monoisotopic (exact) mass is 252 g/mol. The summed E-state index contributed by atoms with van der Waals surface area (Å²) in [6.07, 6.45) is 0. The quantitative estimate of drug-likeness (QED) is 0.555. The van der Waals surface area contributed by atoms with Gasteiger partial charge in [0.15, 0.2) is 0 Å². The molecule has 0 atom stereocenters. The summed E-state index contributed by atoms with van der Waals surface area (Å²) in [5.74, 6) is -3.28. The Morgan fingerprint density at radius 1 is 1.17 bits per heavy atom. The highest BCUT2D eigenvalue weighted by Gasteiger charge is 2.44. The van der Waals surface area contributed by atoms with Crippen LogP contribution in [0, 0.1) is 0 Å². The van der Waals surface area contributed by atoms with Crippen LogP contribution in [0.1, 0.15) is 0 Å². The first kappa shape index (κ1) is 12.9. The van der Waals surface area contributed by atoms with E-state index in [4.69, 9.17) is 35.8 Å². The zero-order chi connectivity index (χ0) is 9.83. The van der Waals surface area contributed by atoms with Crippen molar-refractivity contribution in [3.8, 4) is 0 Å². The highest BCUT2D eigenvalue weighted by molar-refractivity contribution is 8.09. The largest absolute Gasteiger partial charge is 0.510 e. The smallest absolute Gasteiger partial charge is 0.377 e. The third kappa shape index (κ3) is 4.23. The van der Waals surface area contributed by atoms with Crippen LogP contribution >= 0.6 is 28.3 Å². The fourth-order valence-corrected chi connectivity index (χ4v) is 7.16. The Kier molecular flexibility index (Phi) is 5.33. The maximum atomic E-state index is 11.0. The lowest BCUT2D eigenvalue weighted by Gasteiger charge is -2.24. The maximum absolute atomic E-state index is 11.0. The van der Waals surface area contributed by atoms with Gasteiger partial charge in [-0.2, -0.15) is 0 Å². The van der Waals surface area contributed by atoms with Gasteiger partial charge in [-0.3, -0.25) is 4.57 Å². The molecule has 0 radical (unpaired) electrons. The average molecular weight is 253 g/mol. The number of rotatable bonds is 5. The molecule has 0 aromatic heterocycles. The second kappa shape index (κ2) is 4.96. The van der Waals surface area contributed by atoms with Gasteiger partial charge in [-0.25, -0.2) is 0 Å². The molecule has 0 amide bonds. The predicted octanol–water partition coefficient (Wildman–Crippen LogP) is 2.07. The van der Waals surface area contributed by atoms with Crippen LogP contribution in [0.4, 0.5) is 0 Å². The van der Waals surface area contributed by atoms with Gasteiger partial charge in [-0.15, -0.1) is 0 Å². The van der Waals surface area contributed by atoms with E-state index in [1.54, 1.807) is 0 Å². The van der Waals surface area contributed by atoms with Crippen LogP contribution in [0.25, 0.3) is 0 Å². The Labute approximate surface area is 82.4 Å². The first-order valence-electron chi connectivity index (χ1n) is 3.03. The molecule has 12 heavy (non-hydrogen) atoms. The van der Waals surface area contributed by atoms with E-state index < -0.39 is 14.7 Å². The molecule has 0 N–H and O–H groups in total. The topological polar surface area (TPSA) is 44.8 Å². The predicted molar refractivity (Wildman–Crippen MR) is 51.0 cm³/mol. The molecule has 8 heteroatoms. The Bertz CT molecular complexity index is 172. The third-order valence-corrected chi connectivity index (χ3v) is 8.35. The Morgan fingerprint density at radius 2 is 1.50 bits per heavy atom. The first-order chi connectivity index (χ1) is 5.39. The van der Waals surface area contributed by atoms with Crippen LogP contribution in [0.5, 0.6) is 0 Å². The van der Waals surface area contributed by atoms with Crippen LogP contribution in [0.15, 0.2) is 0 Å². The molecule has 0 unspecified atom stereocenters. The van der Waals surface area contributed by atoms with E-state index in [9.17, 15) is 4.57 Å². The molecule has 0 aromatic rings. The summed E-state index contributed by atoms with van der Waals surface area (Å²) in [6.45, 7) is 0. The molecule has 0 heterocycles. The number of hydrogen-bond donors (Lipinski definition) is 0. The van der Waals surface area contributed by atoms with Crippen molar-refractivity contribution < 1.29 is 17.8 Å². The second-order valence-corrected chi connectivity index (χ2v) is 10.8. The highest BCUT2D eigenvalue weighted by atomic mass is 35.9. The van der Waals surface area contributed by atoms with Crippen molar-refractivity contribution in [3.63, 3.8) is 0 Å². The Balaban J connectivity index is 4.41. The van der Waals surface area contributed by atoms with E-state index in [0.717, 1.165) is 0 Å². The molecule has 4 nitrogen and oxygen atoms in total. The summed E-state index contributed by atoms with van der Waals surface area (Å²) in [6, 6.07) is 0. The summed E-state index contributed by atoms with van der Waals surface area (Å²) in [7, 11) is 1.34. The van der Waals surface area contributed by atoms with Crippen molar-refractivity contribution >= 4 is 37.1 Å². The maximum Gasteiger partial charge on any atom is 0.510 e. The van der Waals surface area contributed by atoms with Gasteiger partial charge >= 0.3 is 8.80 Å². The minimum Gasteiger partial charge on any atom is -0.377 e. The summed E-state index contributed by atoms with van der Waals surface area (Å²) >= 11 is 10.7. The van der Waals surface area contributed by atoms with Crippen molar-refractivity contribution in [1.29, 1.82) is 0 Å². The van der Waals surface area contributed by atoms with E-state index >= 15 is 0 Å². The summed E-state index contributed by atoms with van der Waals surface area (Å²) in [5.41, 5.74) is 0. The SMILES string of the molecule is CO[Si](CP(=O)(Cl)Cl)(OC)OC. The summed E-state index contributed by atoms with van der Waals surface area (Å²) in [4.78, 5) is 0. The van der Waals surface area contributed by atoms with Crippen LogP contribution in [-0.4, -0.2) is 35.9 Å². The van der Waals surface area contributed by atoms with Crippen molar-refractivity contribution in [2.75, 3.05) is 27.1 Å². The molecule has 0 aliphatic rings. The molecule has 0 saturated heterocycles. The fraction of sp³-hybridized carbons (Fsp3) is 1.00. The molecule has 0 spiro atoms. The van der Waals surface area contributed by atoms with Crippen LogP contribution in [0.2, 0.25) is 0 Å². The lowest BCUT2D eigenvalue weighted by molar-refractivity contribution is 0.130. The molecule has 0 saturated carbocycles. The summed E-state index contributed by atoms with van der Waals surface area (Å²) in [5, 5.41) is 0. The molecular weight excluding hydrogens is 242 g/mol. The molecule has 74 valence electrons. The van der Waals surface area contributed by atoms with Crippen molar-refractivity contribution in [2.45, 2.75) is 0 Å². The van der Waals surface area contributed by atoms with Gasteiger partial charge in [0.25, 0.3) is 5.85 Å². The van der Waals surface area contributed by atoms with E-state index in [0.29, 0.717) is 0 Å². The van der Waals surface area contributed by atoms with Crippen LogP contribution < -0.4 is 0 Å². The zero-order valence-electron chi connectivity index (χ0n) is 7.04. The van der Waals surface area contributed by atoms with E-state index in [1.807, 2.05) is 0 Å². The van der Waals surface area contributed by atoms with Gasteiger partial charge in [0.2, 0.25) is 0 Å². The molecule has 0 bridgehead atoms. The molecule has 0 aliphatic heterocycles. The Hall–Kier alpha value is 0.907. The first-order valence-corrected chi connectivity index (χ1v) is 8.66. The second-order valence-electron chi connectivity index (χ2n) is 2.02. The van der Waals surface area contributed by atoms with E-state index in [-0.39, 0.29) is 5.79 Å². The minimum atomic E-state index is -3.21. The molecule has 0 fully saturated rings. The Morgan fingerprint density at radius 3 is 1.58 bits per heavy atom. The lowest BCUT2D eigenvalue weighted by atomic mass is 11.8. The van der Waals surface area contributed by atoms with Gasteiger partial charge < -0.3 is 13.3 Å². The molecule has 0 aliphatic carbocycles. The summed E-state index contributed by atoms with van der Waals surface area (Å²) < 4.78 is 25.9. The van der Waals surface area contributed by atoms with E-state index in [1.165, 1.54) is 21.3 Å². The van der Waals surface area contributed by atoms with Gasteiger partial charge in [-0.05, 0) is 22.5 Å². The van der Waals surface area contributed by atoms with Crippen LogP contribution in [-0.2, 0) is 17.8 Å². The zero-order valence-corrected chi connectivity index (χ0v) is 10.4. The average Bonchev–Trinajstić information content (AvgIpc) is 1.99. The van der Waals surface area contributed by atoms with Crippen molar-refractivity contribution in [3.05, 3.63) is 0 Å². The lowest BCUT2D eigenvalue weighted by Crippen LogP contribution is -2.46.